The summed E-state index contributed by atoms with van der Waals surface area (Å²) >= 11 is 0. The van der Waals surface area contributed by atoms with Gasteiger partial charge in [0.2, 0.25) is 0 Å². The second-order valence-electron chi connectivity index (χ2n) is 14.0. The third-order valence-electron chi connectivity index (χ3n) is 9.39. The lowest BCUT2D eigenvalue weighted by Gasteiger charge is -2.37. The van der Waals surface area contributed by atoms with Crippen molar-refractivity contribution >= 4 is 23.8 Å². The minimum atomic E-state index is -1.65. The number of benzene rings is 2. The molecular formula is C42H51N5O7. The number of aliphatic hydroxyl groups excluding tert-OH is 1. The van der Waals surface area contributed by atoms with Gasteiger partial charge in [0.15, 0.2) is 11.6 Å². The number of carbonyl (C=O) groups excluding carboxylic acids is 4. The summed E-state index contributed by atoms with van der Waals surface area (Å²) in [6.07, 6.45) is -0.143. The third-order valence-corrected chi connectivity index (χ3v) is 9.39. The summed E-state index contributed by atoms with van der Waals surface area (Å²) in [6, 6.07) is 23.4. The Labute approximate surface area is 316 Å². The lowest BCUT2D eigenvalue weighted by molar-refractivity contribution is -0.137. The third kappa shape index (κ3) is 11.5. The summed E-state index contributed by atoms with van der Waals surface area (Å²) in [5.41, 5.74) is 10.1. The van der Waals surface area contributed by atoms with E-state index in [1.54, 1.807) is 107 Å². The van der Waals surface area contributed by atoms with Gasteiger partial charge in [-0.05, 0) is 66.1 Å². The Balaban J connectivity index is 1.69. The number of carbonyl (C=O) groups is 4. The number of nitrogens with one attached hydrogen (secondary N) is 2. The summed E-state index contributed by atoms with van der Waals surface area (Å²) < 4.78 is 10.8. The van der Waals surface area contributed by atoms with Crippen molar-refractivity contribution in [1.82, 2.24) is 20.6 Å². The maximum absolute atomic E-state index is 14.8. The van der Waals surface area contributed by atoms with Crippen molar-refractivity contribution in [3.63, 3.8) is 0 Å². The summed E-state index contributed by atoms with van der Waals surface area (Å²) in [5, 5.41) is 17.9. The fourth-order valence-corrected chi connectivity index (χ4v) is 6.31. The molecule has 0 radical (unpaired) electrons. The van der Waals surface area contributed by atoms with Gasteiger partial charge >= 0.3 is 12.2 Å². The number of alkyl carbamates (subject to hydrolysis) is 2. The largest absolute Gasteiger partial charge is 0.443 e. The van der Waals surface area contributed by atoms with Crippen LogP contribution in [0.4, 0.5) is 9.59 Å². The van der Waals surface area contributed by atoms with E-state index < -0.39 is 71.7 Å². The molecule has 0 aliphatic heterocycles. The monoisotopic (exact) mass is 737 g/mol. The predicted octanol–water partition coefficient (Wildman–Crippen LogP) is 5.66. The van der Waals surface area contributed by atoms with Gasteiger partial charge in [0.05, 0.1) is 41.4 Å². The summed E-state index contributed by atoms with van der Waals surface area (Å²) in [5.74, 6) is -4.56. The van der Waals surface area contributed by atoms with Gasteiger partial charge in [-0.15, -0.1) is 0 Å². The Morgan fingerprint density at radius 1 is 0.685 bits per heavy atom. The maximum atomic E-state index is 14.8. The molecule has 0 bridgehead atoms. The van der Waals surface area contributed by atoms with Crippen molar-refractivity contribution in [2.75, 3.05) is 0 Å². The lowest BCUT2D eigenvalue weighted by atomic mass is 9.72. The molecule has 0 saturated heterocycles. The molecule has 286 valence electrons. The van der Waals surface area contributed by atoms with Crippen molar-refractivity contribution in [2.24, 2.45) is 29.4 Å². The fourth-order valence-electron chi connectivity index (χ4n) is 6.31. The zero-order valence-corrected chi connectivity index (χ0v) is 31.4. The Kier molecular flexibility index (Phi) is 15.4. The molecule has 0 aliphatic rings. The first-order chi connectivity index (χ1) is 25.9. The van der Waals surface area contributed by atoms with Gasteiger partial charge in [0, 0.05) is 18.4 Å². The number of ketones is 2. The number of aryl methyl sites for hydroxylation is 1. The van der Waals surface area contributed by atoms with Crippen LogP contribution in [-0.2, 0) is 38.7 Å². The first-order valence-electron chi connectivity index (χ1n) is 18.1. The average Bonchev–Trinajstić information content (AvgIpc) is 3.17. The highest BCUT2D eigenvalue weighted by Crippen LogP contribution is 2.33. The standard InChI is InChI=1S/C42H51N5O7/c1-26(2)36(46-41(51)53-24-31-19-11-13-21-44-31)39(49)33(23-30-18-10-9-15-28(30)5)38(48)34(35(43)29-16-7-6-8-17-29)40(50)37(27(3)4)47-42(52)54-25-32-20-12-14-22-45-32/h6-22,26-27,33-38,48H,23-25,43H2,1-5H3,(H,46,51)(H,47,52)/t33-,34-,35?,36-,37-,38+/m0/s1. The van der Waals surface area contributed by atoms with E-state index in [0.29, 0.717) is 17.0 Å². The molecular weight excluding hydrogens is 686 g/mol. The molecule has 54 heavy (non-hydrogen) atoms. The molecule has 0 saturated carbocycles. The van der Waals surface area contributed by atoms with Crippen LogP contribution >= 0.6 is 0 Å². The van der Waals surface area contributed by atoms with Crippen LogP contribution in [0.2, 0.25) is 0 Å². The predicted molar refractivity (Wildman–Crippen MR) is 204 cm³/mol. The van der Waals surface area contributed by atoms with Crippen LogP contribution in [0, 0.1) is 30.6 Å². The second-order valence-corrected chi connectivity index (χ2v) is 14.0. The minimum Gasteiger partial charge on any atom is -0.443 e. The SMILES string of the molecule is Cc1ccccc1C[C@H](C(=O)[C@@H](NC(=O)OCc1ccccn1)C(C)C)[C@@H](O)[C@@H](C(=O)[C@@H](NC(=O)OCc1ccccn1)C(C)C)C(N)c1ccccc1. The number of nitrogens with two attached hydrogens (primary N) is 1. The zero-order valence-electron chi connectivity index (χ0n) is 31.4. The van der Waals surface area contributed by atoms with Crippen LogP contribution in [0.3, 0.4) is 0 Å². The van der Waals surface area contributed by atoms with Gasteiger partial charge in [-0.25, -0.2) is 9.59 Å². The fraction of sp³-hybridized carbons (Fsp3) is 0.381. The van der Waals surface area contributed by atoms with E-state index in [-0.39, 0.29) is 19.6 Å². The van der Waals surface area contributed by atoms with Crippen LogP contribution in [0.5, 0.6) is 0 Å². The van der Waals surface area contributed by atoms with Gasteiger partial charge in [-0.3, -0.25) is 19.6 Å². The van der Waals surface area contributed by atoms with Crippen molar-refractivity contribution in [1.29, 1.82) is 0 Å². The minimum absolute atomic E-state index is 0.0394. The lowest BCUT2D eigenvalue weighted by Crippen LogP contribution is -2.56. The van der Waals surface area contributed by atoms with Crippen molar-refractivity contribution in [3.8, 4) is 0 Å². The number of rotatable bonds is 18. The first kappa shape index (κ1) is 41.3. The summed E-state index contributed by atoms with van der Waals surface area (Å²) in [7, 11) is 0. The number of nitrogens with zero attached hydrogens (tertiary/aromatic N) is 2. The normalized spacial score (nSPS) is 14.6. The van der Waals surface area contributed by atoms with E-state index in [0.717, 1.165) is 11.1 Å². The molecule has 4 rings (SSSR count). The Morgan fingerprint density at radius 3 is 1.65 bits per heavy atom. The number of Topliss-reactive ketones (excluding diaryl/α,β-unsaturated/α-hetero) is 2. The van der Waals surface area contributed by atoms with Gasteiger partial charge in [0.1, 0.15) is 13.2 Å². The van der Waals surface area contributed by atoms with E-state index in [9.17, 15) is 24.3 Å². The maximum Gasteiger partial charge on any atom is 0.408 e. The molecule has 1 unspecified atom stereocenters. The zero-order chi connectivity index (χ0) is 39.2. The Hall–Kier alpha value is -5.46. The van der Waals surface area contributed by atoms with Crippen molar-refractivity contribution in [2.45, 2.75) is 78.5 Å². The molecule has 5 N–H and O–H groups in total. The van der Waals surface area contributed by atoms with Crippen LogP contribution in [-0.4, -0.2) is 57.0 Å². The number of aromatic nitrogens is 2. The quantitative estimate of drug-likeness (QED) is 0.0994. The van der Waals surface area contributed by atoms with Crippen LogP contribution < -0.4 is 16.4 Å². The Bertz CT molecular complexity index is 1810. The summed E-state index contributed by atoms with van der Waals surface area (Å²) in [6.45, 7) is 8.71. The van der Waals surface area contributed by atoms with Crippen molar-refractivity contribution in [3.05, 3.63) is 131 Å². The first-order valence-corrected chi connectivity index (χ1v) is 18.1. The molecule has 2 aromatic heterocycles. The van der Waals surface area contributed by atoms with Gasteiger partial charge in [0.25, 0.3) is 0 Å². The van der Waals surface area contributed by atoms with Crippen LogP contribution in [0.1, 0.15) is 61.8 Å². The topological polar surface area (TPSA) is 183 Å². The Morgan fingerprint density at radius 2 is 1.17 bits per heavy atom. The number of hydrogen-bond acceptors (Lipinski definition) is 10. The van der Waals surface area contributed by atoms with Crippen LogP contribution in [0.15, 0.2) is 103 Å². The molecule has 0 aliphatic carbocycles. The van der Waals surface area contributed by atoms with Crippen molar-refractivity contribution < 1.29 is 33.8 Å². The van der Waals surface area contributed by atoms with Gasteiger partial charge < -0.3 is 30.9 Å². The molecule has 12 heteroatoms. The number of hydrogen-bond donors (Lipinski definition) is 4. The number of pyridine rings is 2. The second kappa shape index (κ2) is 20.1. The molecule has 4 aromatic rings. The van der Waals surface area contributed by atoms with E-state index >= 15 is 0 Å². The molecule has 0 spiro atoms. The number of aliphatic hydroxyl groups is 1. The van der Waals surface area contributed by atoms with E-state index in [1.165, 1.54) is 0 Å². The van der Waals surface area contributed by atoms with E-state index in [4.69, 9.17) is 15.2 Å². The molecule has 12 nitrogen and oxygen atoms in total. The average molecular weight is 738 g/mol. The molecule has 2 amide bonds. The summed E-state index contributed by atoms with van der Waals surface area (Å²) in [4.78, 5) is 64.0. The van der Waals surface area contributed by atoms with Gasteiger partial charge in [-0.1, -0.05) is 94.4 Å². The molecule has 2 aromatic carbocycles. The highest BCUT2D eigenvalue weighted by molar-refractivity contribution is 5.93. The van der Waals surface area contributed by atoms with E-state index in [1.807, 2.05) is 31.2 Å². The highest BCUT2D eigenvalue weighted by Gasteiger charge is 2.46. The molecule has 0 fully saturated rings. The van der Waals surface area contributed by atoms with Gasteiger partial charge in [-0.2, -0.15) is 0 Å². The molecule has 2 heterocycles. The molecule has 6 atom stereocenters. The van der Waals surface area contributed by atoms with E-state index in [2.05, 4.69) is 20.6 Å². The number of amides is 2. The number of ether oxygens (including phenoxy) is 2. The smallest absolute Gasteiger partial charge is 0.408 e. The highest BCUT2D eigenvalue weighted by atomic mass is 16.6. The van der Waals surface area contributed by atoms with Crippen LogP contribution in [0.25, 0.3) is 0 Å².